The first-order valence-electron chi connectivity index (χ1n) is 13.3. The molecule has 5 rings (SSSR count). The van der Waals surface area contributed by atoms with Gasteiger partial charge in [0.05, 0.1) is 5.92 Å². The van der Waals surface area contributed by atoms with Crippen LogP contribution in [0.3, 0.4) is 0 Å². The number of nitrogens with one attached hydrogen (secondary N) is 1. The summed E-state index contributed by atoms with van der Waals surface area (Å²) >= 11 is 0. The summed E-state index contributed by atoms with van der Waals surface area (Å²) < 4.78 is 6.05. The monoisotopic (exact) mass is 515 g/mol. The van der Waals surface area contributed by atoms with Gasteiger partial charge in [-0.1, -0.05) is 99.7 Å². The molecule has 1 atom stereocenters. The molecule has 0 saturated heterocycles. The maximum Gasteiger partial charge on any atom is 0.232 e. The van der Waals surface area contributed by atoms with E-state index in [0.717, 1.165) is 45.4 Å². The number of para-hydroxylation sites is 1. The number of hydrogen-bond donors (Lipinski definition) is 1. The fourth-order valence-electron chi connectivity index (χ4n) is 4.81. The number of rotatable bonds is 7. The van der Waals surface area contributed by atoms with Crippen molar-refractivity contribution in [1.29, 1.82) is 0 Å². The van der Waals surface area contributed by atoms with Crippen LogP contribution < -0.4 is 5.32 Å². The number of furan rings is 1. The van der Waals surface area contributed by atoms with Crippen LogP contribution in [0.2, 0.25) is 0 Å². The molecule has 0 fully saturated rings. The van der Waals surface area contributed by atoms with Gasteiger partial charge in [0, 0.05) is 16.6 Å². The third-order valence-corrected chi connectivity index (χ3v) is 7.16. The van der Waals surface area contributed by atoms with Gasteiger partial charge in [-0.05, 0) is 64.8 Å². The molecule has 1 heterocycles. The molecule has 1 N–H and O–H groups in total. The molecule has 0 bridgehead atoms. The zero-order valence-corrected chi connectivity index (χ0v) is 22.6. The third-order valence-electron chi connectivity index (χ3n) is 7.16. The summed E-state index contributed by atoms with van der Waals surface area (Å²) in [5, 5.41) is 4.22. The maximum absolute atomic E-state index is 13.7. The summed E-state index contributed by atoms with van der Waals surface area (Å²) in [6, 6.07) is 25.8. The van der Waals surface area contributed by atoms with Crippen LogP contribution in [-0.4, -0.2) is 12.2 Å². The summed E-state index contributed by atoms with van der Waals surface area (Å²) in [4.78, 5) is 24.8. The largest absolute Gasteiger partial charge is 0.456 e. The van der Waals surface area contributed by atoms with Crippen molar-refractivity contribution in [3.05, 3.63) is 137 Å². The Balaban J connectivity index is 1.40. The first-order valence-corrected chi connectivity index (χ1v) is 13.3. The number of benzene rings is 3. The van der Waals surface area contributed by atoms with Crippen LogP contribution >= 0.6 is 0 Å². The Kier molecular flexibility index (Phi) is 7.47. The average Bonchev–Trinajstić information content (AvgIpc) is 3.24. The number of hydrogen-bond acceptors (Lipinski definition) is 3. The Labute approximate surface area is 229 Å². The number of aldehydes is 1. The van der Waals surface area contributed by atoms with E-state index in [-0.39, 0.29) is 11.3 Å². The van der Waals surface area contributed by atoms with Gasteiger partial charge in [-0.15, -0.1) is 0 Å². The van der Waals surface area contributed by atoms with Crippen LogP contribution in [-0.2, 0) is 16.6 Å². The summed E-state index contributed by atoms with van der Waals surface area (Å²) in [5.41, 5.74) is 6.47. The lowest BCUT2D eigenvalue weighted by atomic mass is 9.84. The molecule has 4 nitrogen and oxygen atoms in total. The lowest BCUT2D eigenvalue weighted by molar-refractivity contribution is -0.121. The van der Waals surface area contributed by atoms with Crippen LogP contribution in [0, 0.1) is 0 Å². The minimum atomic E-state index is -0.391. The molecular weight excluding hydrogens is 482 g/mol. The molecule has 1 aliphatic carbocycles. The predicted octanol–water partition coefficient (Wildman–Crippen LogP) is 7.91. The van der Waals surface area contributed by atoms with Crippen LogP contribution in [0.4, 0.5) is 0 Å². The lowest BCUT2D eigenvalue weighted by Gasteiger charge is -2.22. The SMILES string of the molecule is CC(C)(C)c1ccc(C(Cc2ccc(C=O)cc2)C(=O)NC2=CC=C(c3cc4ccccc4o3)CC=C2)cc1. The van der Waals surface area contributed by atoms with Crippen molar-refractivity contribution in [3.8, 4) is 0 Å². The van der Waals surface area contributed by atoms with E-state index in [4.69, 9.17) is 4.42 Å². The van der Waals surface area contributed by atoms with Gasteiger partial charge in [-0.25, -0.2) is 0 Å². The molecule has 1 amide bonds. The van der Waals surface area contributed by atoms with Gasteiger partial charge in [0.15, 0.2) is 0 Å². The molecular formula is C35H33NO3. The van der Waals surface area contributed by atoms with Gasteiger partial charge in [-0.2, -0.15) is 0 Å². The second-order valence-electron chi connectivity index (χ2n) is 11.0. The topological polar surface area (TPSA) is 59.3 Å². The lowest BCUT2D eigenvalue weighted by Crippen LogP contribution is -2.29. The van der Waals surface area contributed by atoms with Crippen molar-refractivity contribution >= 4 is 28.7 Å². The quantitative estimate of drug-likeness (QED) is 0.254. The van der Waals surface area contributed by atoms with E-state index in [1.54, 1.807) is 12.1 Å². The van der Waals surface area contributed by atoms with E-state index in [1.807, 2.05) is 60.7 Å². The molecule has 3 aromatic carbocycles. The Morgan fingerprint density at radius 1 is 0.974 bits per heavy atom. The van der Waals surface area contributed by atoms with Crippen LogP contribution in [0.15, 0.2) is 113 Å². The van der Waals surface area contributed by atoms with Crippen LogP contribution in [0.1, 0.15) is 65.9 Å². The van der Waals surface area contributed by atoms with E-state index in [1.165, 1.54) is 5.56 Å². The van der Waals surface area contributed by atoms with Crippen LogP contribution in [0.25, 0.3) is 16.5 Å². The molecule has 196 valence electrons. The predicted molar refractivity (Wildman–Crippen MR) is 158 cm³/mol. The molecule has 0 spiro atoms. The molecule has 39 heavy (non-hydrogen) atoms. The molecule has 4 aromatic rings. The highest BCUT2D eigenvalue weighted by Crippen LogP contribution is 2.29. The number of fused-ring (bicyclic) bond motifs is 1. The van der Waals surface area contributed by atoms with Gasteiger partial charge in [0.1, 0.15) is 17.6 Å². The second kappa shape index (κ2) is 11.1. The number of carbonyl (C=O) groups excluding carboxylic acids is 2. The molecule has 4 heteroatoms. The Bertz CT molecular complexity index is 1540. The highest BCUT2D eigenvalue weighted by atomic mass is 16.3. The highest BCUT2D eigenvalue weighted by Gasteiger charge is 2.23. The Hall–Kier alpha value is -4.44. The summed E-state index contributed by atoms with van der Waals surface area (Å²) in [6.07, 6.45) is 10.00. The fraction of sp³-hybridized carbons (Fsp3) is 0.200. The zero-order valence-electron chi connectivity index (χ0n) is 22.6. The van der Waals surface area contributed by atoms with Crippen molar-refractivity contribution in [2.45, 2.75) is 44.9 Å². The summed E-state index contributed by atoms with van der Waals surface area (Å²) in [5.74, 6) is 0.368. The molecule has 1 aromatic heterocycles. The minimum Gasteiger partial charge on any atom is -0.456 e. The maximum atomic E-state index is 13.7. The first-order chi connectivity index (χ1) is 18.8. The second-order valence-corrected chi connectivity index (χ2v) is 11.0. The summed E-state index contributed by atoms with van der Waals surface area (Å²) in [7, 11) is 0. The van der Waals surface area contributed by atoms with Crippen molar-refractivity contribution in [2.24, 2.45) is 0 Å². The van der Waals surface area contributed by atoms with E-state index in [2.05, 4.69) is 56.4 Å². The van der Waals surface area contributed by atoms with Gasteiger partial charge in [-0.3, -0.25) is 9.59 Å². The first kappa shape index (κ1) is 26.2. The zero-order chi connectivity index (χ0) is 27.4. The molecule has 0 aliphatic heterocycles. The Morgan fingerprint density at radius 3 is 2.41 bits per heavy atom. The van der Waals surface area contributed by atoms with Gasteiger partial charge < -0.3 is 9.73 Å². The summed E-state index contributed by atoms with van der Waals surface area (Å²) in [6.45, 7) is 6.54. The normalized spacial score (nSPS) is 14.3. The van der Waals surface area contributed by atoms with E-state index < -0.39 is 5.92 Å². The third kappa shape index (κ3) is 6.18. The average molecular weight is 516 g/mol. The van der Waals surface area contributed by atoms with Crippen molar-refractivity contribution in [2.75, 3.05) is 0 Å². The minimum absolute atomic E-state index is 0.0286. The number of allylic oxidation sites excluding steroid dienone is 5. The standard InChI is InChI=1S/C35H33NO3/c1-35(2,3)29-18-15-26(16-19-29)31(21-24-11-13-25(23-37)14-12-24)34(38)36-30-9-6-8-27(17-20-30)33-22-28-7-4-5-10-32(28)39-33/h4-7,9-20,22-23,31H,8,21H2,1-3H3,(H,36,38). The van der Waals surface area contributed by atoms with Gasteiger partial charge in [0.25, 0.3) is 0 Å². The van der Waals surface area contributed by atoms with Crippen molar-refractivity contribution in [1.82, 2.24) is 5.32 Å². The van der Waals surface area contributed by atoms with E-state index in [0.29, 0.717) is 18.4 Å². The molecule has 0 radical (unpaired) electrons. The van der Waals surface area contributed by atoms with E-state index >= 15 is 0 Å². The highest BCUT2D eigenvalue weighted by molar-refractivity contribution is 5.86. The molecule has 0 saturated carbocycles. The molecule has 1 unspecified atom stereocenters. The number of carbonyl (C=O) groups is 2. The number of amides is 1. The molecule has 1 aliphatic rings. The van der Waals surface area contributed by atoms with Crippen molar-refractivity contribution < 1.29 is 14.0 Å². The van der Waals surface area contributed by atoms with Gasteiger partial charge in [0.2, 0.25) is 5.91 Å². The van der Waals surface area contributed by atoms with Crippen LogP contribution in [0.5, 0.6) is 0 Å². The fourth-order valence-corrected chi connectivity index (χ4v) is 4.81. The van der Waals surface area contributed by atoms with Crippen molar-refractivity contribution in [3.63, 3.8) is 0 Å². The van der Waals surface area contributed by atoms with Gasteiger partial charge >= 0.3 is 0 Å². The Morgan fingerprint density at radius 2 is 1.72 bits per heavy atom. The van der Waals surface area contributed by atoms with E-state index in [9.17, 15) is 9.59 Å². The smallest absolute Gasteiger partial charge is 0.232 e.